The molecule has 0 fully saturated rings. The van der Waals surface area contributed by atoms with Crippen LogP contribution in [0.2, 0.25) is 0 Å². The first-order chi connectivity index (χ1) is 3.18. The van der Waals surface area contributed by atoms with Crippen LogP contribution >= 0.6 is 12.8 Å². The van der Waals surface area contributed by atoms with E-state index in [0.29, 0.717) is 6.04 Å². The molecular weight excluding hydrogens is 106 g/mol. The van der Waals surface area contributed by atoms with Crippen molar-refractivity contribution >= 4 is 12.8 Å². The summed E-state index contributed by atoms with van der Waals surface area (Å²) in [5.74, 6) is 0. The Morgan fingerprint density at radius 3 is 2.00 bits per heavy atom. The van der Waals surface area contributed by atoms with Crippen LogP contribution in [0.4, 0.5) is 0 Å². The predicted octanol–water partition coefficient (Wildman–Crippen LogP) is 1.56. The minimum Gasteiger partial charge on any atom is -0.251 e. The topological polar surface area (TPSA) is 3.24 Å². The van der Waals surface area contributed by atoms with Gasteiger partial charge in [0.15, 0.2) is 0 Å². The van der Waals surface area contributed by atoms with Crippen molar-refractivity contribution in [3.63, 3.8) is 0 Å². The van der Waals surface area contributed by atoms with Gasteiger partial charge < -0.3 is 0 Å². The maximum Gasteiger partial charge on any atom is 0.0143 e. The summed E-state index contributed by atoms with van der Waals surface area (Å²) in [7, 11) is 0. The van der Waals surface area contributed by atoms with Crippen molar-refractivity contribution < 1.29 is 0 Å². The summed E-state index contributed by atoms with van der Waals surface area (Å²) >= 11 is 4.16. The standard InChI is InChI=1S/C5H13NS/c1-4-6(7)5(2)3/h5,7H,4H2,1-3H3. The van der Waals surface area contributed by atoms with Crippen molar-refractivity contribution in [2.75, 3.05) is 6.54 Å². The fraction of sp³-hybridized carbons (Fsp3) is 1.00. The van der Waals surface area contributed by atoms with Crippen molar-refractivity contribution in [1.29, 1.82) is 0 Å². The molecule has 0 rings (SSSR count). The molecule has 0 amide bonds. The number of rotatable bonds is 2. The molecule has 0 atom stereocenters. The zero-order valence-electron chi connectivity index (χ0n) is 5.18. The zero-order valence-corrected chi connectivity index (χ0v) is 6.07. The second-order valence-electron chi connectivity index (χ2n) is 1.85. The van der Waals surface area contributed by atoms with Crippen LogP contribution in [0.3, 0.4) is 0 Å². The maximum absolute atomic E-state index is 4.16. The lowest BCUT2D eigenvalue weighted by molar-refractivity contribution is 0.421. The molecule has 44 valence electrons. The summed E-state index contributed by atoms with van der Waals surface area (Å²) < 4.78 is 1.99. The van der Waals surface area contributed by atoms with E-state index in [-0.39, 0.29) is 0 Å². The number of hydrogen-bond donors (Lipinski definition) is 1. The van der Waals surface area contributed by atoms with Crippen molar-refractivity contribution in [2.24, 2.45) is 0 Å². The maximum atomic E-state index is 4.16. The number of nitrogens with zero attached hydrogens (tertiary/aromatic N) is 1. The highest BCUT2D eigenvalue weighted by molar-refractivity contribution is 7.77. The van der Waals surface area contributed by atoms with E-state index in [2.05, 4.69) is 33.6 Å². The first kappa shape index (κ1) is 7.31. The fourth-order valence-corrected chi connectivity index (χ4v) is 0.365. The lowest BCUT2D eigenvalue weighted by Crippen LogP contribution is -2.19. The third kappa shape index (κ3) is 2.94. The molecule has 0 bridgehead atoms. The average molecular weight is 119 g/mol. The molecule has 0 saturated heterocycles. The van der Waals surface area contributed by atoms with Gasteiger partial charge in [0.2, 0.25) is 0 Å². The van der Waals surface area contributed by atoms with E-state index in [0.717, 1.165) is 6.54 Å². The second kappa shape index (κ2) is 3.33. The highest BCUT2D eigenvalue weighted by Gasteiger charge is 1.97. The van der Waals surface area contributed by atoms with E-state index in [4.69, 9.17) is 0 Å². The number of thiol groups is 1. The lowest BCUT2D eigenvalue weighted by atomic mass is 10.4. The van der Waals surface area contributed by atoms with Gasteiger partial charge in [0.1, 0.15) is 0 Å². The summed E-state index contributed by atoms with van der Waals surface area (Å²) in [6, 6.07) is 0.563. The zero-order chi connectivity index (χ0) is 5.86. The molecule has 0 unspecified atom stereocenters. The van der Waals surface area contributed by atoms with Gasteiger partial charge in [-0.25, -0.2) is 0 Å². The van der Waals surface area contributed by atoms with Crippen LogP contribution in [-0.2, 0) is 0 Å². The minimum atomic E-state index is 0.563. The van der Waals surface area contributed by atoms with Gasteiger partial charge in [-0.3, -0.25) is 4.31 Å². The van der Waals surface area contributed by atoms with Crippen LogP contribution < -0.4 is 0 Å². The molecule has 0 aromatic carbocycles. The van der Waals surface area contributed by atoms with Gasteiger partial charge in [0.25, 0.3) is 0 Å². The molecule has 0 heterocycles. The molecule has 0 aliphatic carbocycles. The Morgan fingerprint density at radius 2 is 2.00 bits per heavy atom. The SMILES string of the molecule is CCN(S)C(C)C. The quantitative estimate of drug-likeness (QED) is 0.540. The van der Waals surface area contributed by atoms with Gasteiger partial charge in [-0.05, 0) is 13.8 Å². The summed E-state index contributed by atoms with van der Waals surface area (Å²) in [4.78, 5) is 0. The molecule has 0 aromatic rings. The van der Waals surface area contributed by atoms with Crippen LogP contribution in [0, 0.1) is 0 Å². The Morgan fingerprint density at radius 1 is 1.57 bits per heavy atom. The number of hydrogen-bond acceptors (Lipinski definition) is 2. The molecule has 1 nitrogen and oxygen atoms in total. The molecule has 0 radical (unpaired) electrons. The van der Waals surface area contributed by atoms with E-state index in [1.165, 1.54) is 0 Å². The summed E-state index contributed by atoms with van der Waals surface area (Å²) in [5, 5.41) is 0. The minimum absolute atomic E-state index is 0.563. The first-order valence-corrected chi connectivity index (χ1v) is 3.04. The van der Waals surface area contributed by atoms with E-state index >= 15 is 0 Å². The summed E-state index contributed by atoms with van der Waals surface area (Å²) in [6.45, 7) is 7.35. The van der Waals surface area contributed by atoms with Gasteiger partial charge in [-0.2, -0.15) is 0 Å². The Hall–Kier alpha value is 0.310. The van der Waals surface area contributed by atoms with Crippen LogP contribution in [-0.4, -0.2) is 16.9 Å². The van der Waals surface area contributed by atoms with Gasteiger partial charge in [-0.15, -0.1) is 0 Å². The monoisotopic (exact) mass is 119 g/mol. The van der Waals surface area contributed by atoms with E-state index < -0.39 is 0 Å². The Labute approximate surface area is 51.2 Å². The van der Waals surface area contributed by atoms with Crippen molar-refractivity contribution in [2.45, 2.75) is 26.8 Å². The van der Waals surface area contributed by atoms with Gasteiger partial charge in [0.05, 0.1) is 0 Å². The van der Waals surface area contributed by atoms with Crippen LogP contribution in [0.15, 0.2) is 0 Å². The Balaban J connectivity index is 3.14. The van der Waals surface area contributed by atoms with Gasteiger partial charge in [-0.1, -0.05) is 19.7 Å². The fourth-order valence-electron chi connectivity index (χ4n) is 0.365. The molecule has 2 heteroatoms. The van der Waals surface area contributed by atoms with Crippen molar-refractivity contribution in [3.05, 3.63) is 0 Å². The highest BCUT2D eigenvalue weighted by atomic mass is 32.1. The molecule has 0 saturated carbocycles. The lowest BCUT2D eigenvalue weighted by Gasteiger charge is -2.15. The van der Waals surface area contributed by atoms with Gasteiger partial charge >= 0.3 is 0 Å². The highest BCUT2D eigenvalue weighted by Crippen LogP contribution is 1.98. The molecule has 0 aromatic heterocycles. The average Bonchev–Trinajstić information content (AvgIpc) is 1.65. The largest absolute Gasteiger partial charge is 0.251 e. The molecule has 0 spiro atoms. The molecule has 0 N–H and O–H groups in total. The van der Waals surface area contributed by atoms with Crippen molar-refractivity contribution in [3.8, 4) is 0 Å². The second-order valence-corrected chi connectivity index (χ2v) is 2.36. The Kier molecular flexibility index (Phi) is 3.48. The third-order valence-corrected chi connectivity index (χ3v) is 1.66. The third-order valence-electron chi connectivity index (χ3n) is 0.920. The summed E-state index contributed by atoms with van der Waals surface area (Å²) in [5.41, 5.74) is 0. The molecule has 7 heavy (non-hydrogen) atoms. The normalized spacial score (nSPS) is 11.1. The van der Waals surface area contributed by atoms with Crippen LogP contribution in [0.25, 0.3) is 0 Å². The van der Waals surface area contributed by atoms with Crippen LogP contribution in [0.1, 0.15) is 20.8 Å². The van der Waals surface area contributed by atoms with Crippen molar-refractivity contribution in [1.82, 2.24) is 4.31 Å². The van der Waals surface area contributed by atoms with E-state index in [1.807, 2.05) is 4.31 Å². The van der Waals surface area contributed by atoms with Gasteiger partial charge in [0, 0.05) is 12.6 Å². The van der Waals surface area contributed by atoms with E-state index in [9.17, 15) is 0 Å². The first-order valence-electron chi connectivity index (χ1n) is 2.64. The summed E-state index contributed by atoms with van der Waals surface area (Å²) in [6.07, 6.45) is 0. The molecule has 0 aliphatic heterocycles. The molecular formula is C5H13NS. The van der Waals surface area contributed by atoms with E-state index in [1.54, 1.807) is 0 Å². The predicted molar refractivity (Wildman–Crippen MR) is 36.5 cm³/mol. The Bertz CT molecular complexity index is 45.3. The smallest absolute Gasteiger partial charge is 0.0143 e. The molecule has 0 aliphatic rings. The van der Waals surface area contributed by atoms with Crippen LogP contribution in [0.5, 0.6) is 0 Å².